The minimum Gasteiger partial charge on any atom is -0.475 e. The average molecular weight is 134 g/mol. The molecule has 0 aromatic heterocycles. The van der Waals surface area contributed by atoms with Crippen LogP contribution in [0.15, 0.2) is 0 Å². The second kappa shape index (κ2) is 3.27. The van der Waals surface area contributed by atoms with E-state index in [-0.39, 0.29) is 0 Å². The average Bonchev–Trinajstić information content (AvgIpc) is 1.67. The normalized spacial score (nSPS) is 9.00. The molecule has 0 aliphatic carbocycles. The van der Waals surface area contributed by atoms with Crippen molar-refractivity contribution < 1.29 is 19.3 Å². The molecule has 0 atom stereocenters. The molecule has 0 saturated heterocycles. The maximum atomic E-state index is 9.94. The van der Waals surface area contributed by atoms with Crippen molar-refractivity contribution in [3.8, 4) is 0 Å². The largest absolute Gasteiger partial charge is 0.475 e. The van der Waals surface area contributed by atoms with Gasteiger partial charge in [0.15, 0.2) is 8.46 Å². The van der Waals surface area contributed by atoms with E-state index in [1.54, 1.807) is 0 Å². The highest BCUT2D eigenvalue weighted by molar-refractivity contribution is 7.25. The van der Waals surface area contributed by atoms with E-state index < -0.39 is 26.4 Å². The summed E-state index contributed by atoms with van der Waals surface area (Å²) in [4.78, 5) is 19.5. The molecule has 4 nitrogen and oxygen atoms in total. The van der Waals surface area contributed by atoms with Crippen LogP contribution in [0.1, 0.15) is 0 Å². The van der Waals surface area contributed by atoms with Crippen LogP contribution in [0.4, 0.5) is 0 Å². The molecule has 0 spiro atoms. The number of ketones is 1. The van der Waals surface area contributed by atoms with Crippen LogP contribution in [-0.2, 0) is 14.2 Å². The van der Waals surface area contributed by atoms with E-state index in [9.17, 15) is 14.2 Å². The van der Waals surface area contributed by atoms with Gasteiger partial charge in [0.1, 0.15) is 0 Å². The third kappa shape index (κ3) is 2.42. The molecule has 0 heterocycles. The highest BCUT2D eigenvalue weighted by Gasteiger charge is 2.09. The summed E-state index contributed by atoms with van der Waals surface area (Å²) in [5.41, 5.74) is 0. The molecule has 0 aromatic carbocycles. The molecule has 44 valence electrons. The van der Waals surface area contributed by atoms with Crippen molar-refractivity contribution in [2.75, 3.05) is 6.16 Å². The first-order chi connectivity index (χ1) is 3.68. The Labute approximate surface area is 46.7 Å². The van der Waals surface area contributed by atoms with Gasteiger partial charge in [-0.25, -0.2) is 4.79 Å². The standard InChI is InChI=1S/C3H3O4P/c4-2(1-8-7)3(5)6/h1H2,(H,5,6). The molecule has 0 unspecified atom stereocenters. The van der Waals surface area contributed by atoms with Crippen molar-refractivity contribution in [2.45, 2.75) is 0 Å². The summed E-state index contributed by atoms with van der Waals surface area (Å²) < 4.78 is 9.53. The van der Waals surface area contributed by atoms with Gasteiger partial charge in [-0.3, -0.25) is 9.36 Å². The van der Waals surface area contributed by atoms with E-state index in [1.165, 1.54) is 0 Å². The molecule has 0 aliphatic heterocycles. The van der Waals surface area contributed by atoms with E-state index in [0.29, 0.717) is 0 Å². The highest BCUT2D eigenvalue weighted by atomic mass is 31.1. The topological polar surface area (TPSA) is 71.4 Å². The van der Waals surface area contributed by atoms with Gasteiger partial charge in [0.2, 0.25) is 0 Å². The Morgan fingerprint density at radius 1 is 1.50 bits per heavy atom. The lowest BCUT2D eigenvalue weighted by Crippen LogP contribution is -2.13. The molecule has 0 fully saturated rings. The van der Waals surface area contributed by atoms with Crippen LogP contribution in [0, 0.1) is 0 Å². The van der Waals surface area contributed by atoms with Crippen molar-refractivity contribution in [3.05, 3.63) is 0 Å². The summed E-state index contributed by atoms with van der Waals surface area (Å²) in [7, 11) is -0.446. The van der Waals surface area contributed by atoms with Crippen LogP contribution in [0.3, 0.4) is 0 Å². The number of hydrogen-bond acceptors (Lipinski definition) is 3. The van der Waals surface area contributed by atoms with E-state index >= 15 is 0 Å². The number of carboxylic acid groups (broad SMARTS) is 1. The number of carbonyl (C=O) groups is 2. The second-order valence-corrected chi connectivity index (χ2v) is 1.59. The van der Waals surface area contributed by atoms with Gasteiger partial charge < -0.3 is 5.11 Å². The Morgan fingerprint density at radius 2 is 2.00 bits per heavy atom. The first-order valence-electron chi connectivity index (χ1n) is 1.73. The maximum absolute atomic E-state index is 9.94. The molecule has 5 heteroatoms. The van der Waals surface area contributed by atoms with Gasteiger partial charge in [-0.1, -0.05) is 0 Å². The number of aliphatic carboxylic acids is 1. The third-order valence-corrected chi connectivity index (χ3v) is 0.863. The predicted octanol–water partition coefficient (Wildman–Crippen LogP) is -0.0682. The summed E-state index contributed by atoms with van der Waals surface area (Å²) in [5.74, 6) is -2.56. The Balaban J connectivity index is 3.65. The van der Waals surface area contributed by atoms with Crippen molar-refractivity contribution >= 4 is 20.2 Å². The van der Waals surface area contributed by atoms with Crippen molar-refractivity contribution in [1.82, 2.24) is 0 Å². The molecular formula is C3H3O4P. The molecule has 0 amide bonds. The first kappa shape index (κ1) is 7.24. The molecule has 8 heavy (non-hydrogen) atoms. The lowest BCUT2D eigenvalue weighted by molar-refractivity contribution is -0.147. The second-order valence-electron chi connectivity index (χ2n) is 1.02. The highest BCUT2D eigenvalue weighted by Crippen LogP contribution is 1.89. The summed E-state index contributed by atoms with van der Waals surface area (Å²) in [6.07, 6.45) is -0.435. The quantitative estimate of drug-likeness (QED) is 0.433. The van der Waals surface area contributed by atoms with E-state index in [1.807, 2.05) is 0 Å². The molecule has 0 saturated carbocycles. The molecular weight excluding hydrogens is 131 g/mol. The van der Waals surface area contributed by atoms with Crippen LogP contribution < -0.4 is 0 Å². The summed E-state index contributed by atoms with van der Waals surface area (Å²) in [6, 6.07) is 0. The number of carbonyl (C=O) groups excluding carboxylic acids is 1. The zero-order valence-corrected chi connectivity index (χ0v) is 4.72. The minimum atomic E-state index is -1.53. The van der Waals surface area contributed by atoms with Gasteiger partial charge in [0, 0.05) is 0 Å². The minimum absolute atomic E-state index is 0.435. The molecule has 0 radical (unpaired) electrons. The molecule has 0 aromatic rings. The van der Waals surface area contributed by atoms with Gasteiger partial charge in [-0.15, -0.1) is 0 Å². The van der Waals surface area contributed by atoms with Crippen molar-refractivity contribution in [1.29, 1.82) is 0 Å². The van der Waals surface area contributed by atoms with E-state index in [0.717, 1.165) is 0 Å². The van der Waals surface area contributed by atoms with Crippen molar-refractivity contribution in [2.24, 2.45) is 0 Å². The van der Waals surface area contributed by atoms with Gasteiger partial charge in [-0.05, 0) is 0 Å². The van der Waals surface area contributed by atoms with Crippen LogP contribution >= 0.6 is 8.46 Å². The summed E-state index contributed by atoms with van der Waals surface area (Å²) >= 11 is 0. The van der Waals surface area contributed by atoms with Gasteiger partial charge in [0.25, 0.3) is 5.78 Å². The van der Waals surface area contributed by atoms with Gasteiger partial charge in [0.05, 0.1) is 6.16 Å². The van der Waals surface area contributed by atoms with Crippen LogP contribution in [0.2, 0.25) is 0 Å². The number of rotatable bonds is 3. The van der Waals surface area contributed by atoms with Crippen LogP contribution in [0.25, 0.3) is 0 Å². The summed E-state index contributed by atoms with van der Waals surface area (Å²) in [5, 5.41) is 7.82. The number of Topliss-reactive ketones (excluding diaryl/α,β-unsaturated/α-hetero) is 1. The van der Waals surface area contributed by atoms with Crippen LogP contribution in [0.5, 0.6) is 0 Å². The Morgan fingerprint density at radius 3 is 2.12 bits per heavy atom. The smallest absolute Gasteiger partial charge is 0.373 e. The van der Waals surface area contributed by atoms with E-state index in [2.05, 4.69) is 0 Å². The molecule has 1 N–H and O–H groups in total. The predicted molar refractivity (Wildman–Crippen MR) is 25.1 cm³/mol. The Kier molecular flexibility index (Phi) is 2.96. The fourth-order valence-electron chi connectivity index (χ4n) is 0.126. The third-order valence-electron chi connectivity index (χ3n) is 0.447. The fraction of sp³-hybridized carbons (Fsp3) is 0.333. The number of carboxylic acids is 1. The lowest BCUT2D eigenvalue weighted by Gasteiger charge is -1.79. The van der Waals surface area contributed by atoms with Gasteiger partial charge in [-0.2, -0.15) is 0 Å². The SMILES string of the molecule is O=PCC(=O)C(=O)O. The maximum Gasteiger partial charge on any atom is 0.373 e. The molecule has 0 aliphatic rings. The lowest BCUT2D eigenvalue weighted by atomic mass is 10.5. The summed E-state index contributed by atoms with van der Waals surface area (Å²) in [6.45, 7) is 0. The zero-order valence-electron chi connectivity index (χ0n) is 3.83. The molecule has 0 rings (SSSR count). The fourth-order valence-corrected chi connectivity index (χ4v) is 0.379. The van der Waals surface area contributed by atoms with Crippen LogP contribution in [-0.4, -0.2) is 23.0 Å². The van der Waals surface area contributed by atoms with Gasteiger partial charge >= 0.3 is 5.97 Å². The zero-order chi connectivity index (χ0) is 6.57. The monoisotopic (exact) mass is 134 g/mol. The number of hydrogen-bond donors (Lipinski definition) is 1. The van der Waals surface area contributed by atoms with E-state index in [4.69, 9.17) is 5.11 Å². The Hall–Kier alpha value is -0.760. The molecule has 0 bridgehead atoms. The first-order valence-corrected chi connectivity index (χ1v) is 2.73. The Bertz CT molecular complexity index is 129. The van der Waals surface area contributed by atoms with Crippen molar-refractivity contribution in [3.63, 3.8) is 0 Å².